The van der Waals surface area contributed by atoms with Crippen molar-refractivity contribution in [2.24, 2.45) is 0 Å². The second-order valence-electron chi connectivity index (χ2n) is 16.1. The van der Waals surface area contributed by atoms with E-state index in [1.165, 1.54) is 88.0 Å². The van der Waals surface area contributed by atoms with Crippen LogP contribution in [-0.2, 0) is 5.41 Å². The predicted molar refractivity (Wildman–Crippen MR) is 248 cm³/mol. The molecule has 0 N–H and O–H groups in total. The molecule has 0 spiro atoms. The van der Waals surface area contributed by atoms with Crippen LogP contribution in [0.15, 0.2) is 212 Å². The molecule has 1 heteroatoms. The number of fused-ring (bicyclic) bond motifs is 6. The van der Waals surface area contributed by atoms with Crippen LogP contribution in [0.25, 0.3) is 76.8 Å². The zero-order chi connectivity index (χ0) is 38.8. The van der Waals surface area contributed by atoms with Gasteiger partial charge in [0.05, 0.1) is 5.69 Å². The van der Waals surface area contributed by atoms with Crippen molar-refractivity contribution < 1.29 is 0 Å². The lowest BCUT2D eigenvalue weighted by Crippen LogP contribution is -2.17. The van der Waals surface area contributed by atoms with Crippen LogP contribution in [0.2, 0.25) is 0 Å². The fourth-order valence-corrected chi connectivity index (χ4v) is 9.50. The molecule has 58 heavy (non-hydrogen) atoms. The third-order valence-electron chi connectivity index (χ3n) is 12.4. The van der Waals surface area contributed by atoms with E-state index in [4.69, 9.17) is 0 Å². The van der Waals surface area contributed by atoms with Crippen molar-refractivity contribution in [3.05, 3.63) is 223 Å². The average Bonchev–Trinajstić information content (AvgIpc) is 3.51. The molecule has 274 valence electrons. The molecular weight excluding hydrogens is 699 g/mol. The number of nitrogens with zero attached hydrogens (tertiary/aromatic N) is 1. The van der Waals surface area contributed by atoms with Crippen LogP contribution in [0.4, 0.5) is 17.1 Å². The molecule has 0 radical (unpaired) electrons. The molecule has 10 aromatic rings. The van der Waals surface area contributed by atoms with Crippen molar-refractivity contribution in [2.45, 2.75) is 19.3 Å². The molecule has 0 fully saturated rings. The van der Waals surface area contributed by atoms with Gasteiger partial charge in [0.25, 0.3) is 0 Å². The van der Waals surface area contributed by atoms with Crippen LogP contribution in [0.1, 0.15) is 25.0 Å². The summed E-state index contributed by atoms with van der Waals surface area (Å²) in [6.45, 7) is 4.73. The van der Waals surface area contributed by atoms with Crippen molar-refractivity contribution in [3.8, 4) is 44.5 Å². The normalized spacial score (nSPS) is 12.8. The minimum absolute atomic E-state index is 0.139. The molecule has 0 amide bonds. The third-order valence-corrected chi connectivity index (χ3v) is 12.4. The van der Waals surface area contributed by atoms with Gasteiger partial charge in [-0.3, -0.25) is 0 Å². The van der Waals surface area contributed by atoms with Gasteiger partial charge in [0.2, 0.25) is 0 Å². The van der Waals surface area contributed by atoms with Crippen molar-refractivity contribution in [2.75, 3.05) is 4.90 Å². The van der Waals surface area contributed by atoms with E-state index in [-0.39, 0.29) is 5.41 Å². The van der Waals surface area contributed by atoms with Crippen LogP contribution in [0.3, 0.4) is 0 Å². The van der Waals surface area contributed by atoms with Gasteiger partial charge in [-0.05, 0) is 125 Å². The molecule has 0 bridgehead atoms. The predicted octanol–water partition coefficient (Wildman–Crippen LogP) is 15.9. The Balaban J connectivity index is 1.16. The molecule has 0 unspecified atom stereocenters. The van der Waals surface area contributed by atoms with E-state index in [0.717, 1.165) is 17.1 Å². The van der Waals surface area contributed by atoms with Crippen LogP contribution in [0.5, 0.6) is 0 Å². The molecule has 11 rings (SSSR count). The van der Waals surface area contributed by atoms with Crippen LogP contribution in [-0.4, -0.2) is 0 Å². The molecule has 0 aliphatic heterocycles. The maximum Gasteiger partial charge on any atom is 0.0546 e. The first-order valence-electron chi connectivity index (χ1n) is 20.3. The summed E-state index contributed by atoms with van der Waals surface area (Å²) in [7, 11) is 0. The van der Waals surface area contributed by atoms with Crippen molar-refractivity contribution in [1.82, 2.24) is 0 Å². The summed E-state index contributed by atoms with van der Waals surface area (Å²) >= 11 is 0. The number of hydrogen-bond donors (Lipinski definition) is 0. The number of rotatable bonds is 6. The average molecular weight is 740 g/mol. The van der Waals surface area contributed by atoms with E-state index >= 15 is 0 Å². The molecule has 1 aliphatic rings. The molecular formula is C57H41N. The van der Waals surface area contributed by atoms with Crippen molar-refractivity contribution in [3.63, 3.8) is 0 Å². The fourth-order valence-electron chi connectivity index (χ4n) is 9.50. The fraction of sp³-hybridized carbons (Fsp3) is 0.0526. The minimum atomic E-state index is -0.139. The smallest absolute Gasteiger partial charge is 0.0546 e. The lowest BCUT2D eigenvalue weighted by molar-refractivity contribution is 0.660. The summed E-state index contributed by atoms with van der Waals surface area (Å²) in [6.07, 6.45) is 0. The minimum Gasteiger partial charge on any atom is -0.310 e. The van der Waals surface area contributed by atoms with Crippen molar-refractivity contribution in [1.29, 1.82) is 0 Å². The summed E-state index contributed by atoms with van der Waals surface area (Å²) < 4.78 is 0. The molecule has 10 aromatic carbocycles. The summed E-state index contributed by atoms with van der Waals surface area (Å²) in [6, 6.07) is 78.4. The Morgan fingerprint density at radius 2 is 0.862 bits per heavy atom. The van der Waals surface area contributed by atoms with Gasteiger partial charge in [0.1, 0.15) is 0 Å². The summed E-state index contributed by atoms with van der Waals surface area (Å²) in [5.41, 5.74) is 15.8. The number of hydrogen-bond acceptors (Lipinski definition) is 1. The standard InChI is InChI=1S/C57H41N/c1-57(2)53-23-10-9-20-51(53)52-34-33-47(37-54(52)57)58(46-31-29-41(30-32-46)49-21-11-18-40-15-7-8-19-48(40)49)55-24-12-22-50(44-27-25-38-13-3-5-16-42(38)35-44)56(55)45-28-26-39-14-4-6-17-43(39)36-45/h3-37H,1-2H3. The van der Waals surface area contributed by atoms with E-state index in [9.17, 15) is 0 Å². The van der Waals surface area contributed by atoms with Gasteiger partial charge < -0.3 is 4.90 Å². The molecule has 1 nitrogen and oxygen atoms in total. The quantitative estimate of drug-likeness (QED) is 0.164. The Labute approximate surface area is 340 Å². The molecule has 0 saturated carbocycles. The first kappa shape index (κ1) is 34.1. The van der Waals surface area contributed by atoms with E-state index in [1.54, 1.807) is 0 Å². The first-order valence-corrected chi connectivity index (χ1v) is 20.3. The molecule has 0 aromatic heterocycles. The highest BCUT2D eigenvalue weighted by Gasteiger charge is 2.36. The molecule has 1 aliphatic carbocycles. The van der Waals surface area contributed by atoms with Gasteiger partial charge in [0.15, 0.2) is 0 Å². The Bertz CT molecular complexity index is 3200. The highest BCUT2D eigenvalue weighted by atomic mass is 15.1. The molecule has 0 saturated heterocycles. The Kier molecular flexibility index (Phi) is 7.91. The maximum absolute atomic E-state index is 2.49. The Morgan fingerprint density at radius 1 is 0.328 bits per heavy atom. The van der Waals surface area contributed by atoms with E-state index in [0.29, 0.717) is 0 Å². The van der Waals surface area contributed by atoms with Gasteiger partial charge >= 0.3 is 0 Å². The van der Waals surface area contributed by atoms with E-state index in [1.807, 2.05) is 0 Å². The van der Waals surface area contributed by atoms with Gasteiger partial charge in [-0.1, -0.05) is 184 Å². The van der Waals surface area contributed by atoms with Crippen LogP contribution < -0.4 is 4.90 Å². The molecule has 0 heterocycles. The number of benzene rings is 10. The summed E-state index contributed by atoms with van der Waals surface area (Å²) in [4.78, 5) is 2.49. The molecule has 0 atom stereocenters. The second kappa shape index (κ2) is 13.5. The Morgan fingerprint density at radius 3 is 1.64 bits per heavy atom. The van der Waals surface area contributed by atoms with Gasteiger partial charge in [0, 0.05) is 22.4 Å². The highest BCUT2D eigenvalue weighted by Crippen LogP contribution is 2.52. The van der Waals surface area contributed by atoms with E-state index < -0.39 is 0 Å². The third kappa shape index (κ3) is 5.54. The highest BCUT2D eigenvalue weighted by molar-refractivity contribution is 6.02. The largest absolute Gasteiger partial charge is 0.310 e. The lowest BCUT2D eigenvalue weighted by atomic mass is 9.82. The summed E-state index contributed by atoms with van der Waals surface area (Å²) in [5.74, 6) is 0. The van der Waals surface area contributed by atoms with Crippen LogP contribution >= 0.6 is 0 Å². The van der Waals surface area contributed by atoms with Crippen LogP contribution in [0, 0.1) is 0 Å². The topological polar surface area (TPSA) is 3.24 Å². The summed E-state index contributed by atoms with van der Waals surface area (Å²) in [5, 5.41) is 7.44. The monoisotopic (exact) mass is 739 g/mol. The van der Waals surface area contributed by atoms with Gasteiger partial charge in [-0.25, -0.2) is 0 Å². The van der Waals surface area contributed by atoms with E-state index in [2.05, 4.69) is 231 Å². The zero-order valence-electron chi connectivity index (χ0n) is 32.7. The SMILES string of the molecule is CC1(C)c2ccccc2-c2ccc(N(c3ccc(-c4cccc5ccccc45)cc3)c3cccc(-c4ccc5ccccc5c4)c3-c3ccc4ccccc4c3)cc21. The van der Waals surface area contributed by atoms with Crippen molar-refractivity contribution >= 4 is 49.4 Å². The van der Waals surface area contributed by atoms with Gasteiger partial charge in [-0.15, -0.1) is 0 Å². The zero-order valence-corrected chi connectivity index (χ0v) is 32.7. The Hall–Kier alpha value is -7.22. The second-order valence-corrected chi connectivity index (χ2v) is 16.1. The van der Waals surface area contributed by atoms with Gasteiger partial charge in [-0.2, -0.15) is 0 Å². The number of anilines is 3. The lowest BCUT2D eigenvalue weighted by Gasteiger charge is -2.31. The maximum atomic E-state index is 2.49. The first-order chi connectivity index (χ1) is 28.5.